The van der Waals surface area contributed by atoms with E-state index < -0.39 is 34.9 Å². The maximum Gasteiger partial charge on any atom is 0.341 e. The van der Waals surface area contributed by atoms with Crippen molar-refractivity contribution in [2.75, 3.05) is 11.9 Å². The Balaban J connectivity index is 2.34. The minimum Gasteiger partial charge on any atom is -0.462 e. The number of amides is 1. The first-order valence-electron chi connectivity index (χ1n) is 7.13. The summed E-state index contributed by atoms with van der Waals surface area (Å²) in [5.74, 6) is -6.32. The van der Waals surface area contributed by atoms with Gasteiger partial charge in [0.25, 0.3) is 5.91 Å². The summed E-state index contributed by atoms with van der Waals surface area (Å²) in [7, 11) is 0. The Morgan fingerprint density at radius 3 is 2.46 bits per heavy atom. The number of anilines is 1. The van der Waals surface area contributed by atoms with E-state index in [0.717, 1.165) is 22.3 Å². The number of hydrogen-bond acceptors (Lipinski definition) is 4. The Morgan fingerprint density at radius 1 is 1.12 bits per heavy atom. The fourth-order valence-electron chi connectivity index (χ4n) is 1.94. The van der Waals surface area contributed by atoms with Crippen LogP contribution in [-0.2, 0) is 11.2 Å². The predicted molar refractivity (Wildman–Crippen MR) is 83.9 cm³/mol. The highest BCUT2D eigenvalue weighted by atomic mass is 32.1. The standard InChI is InChI=1S/C16H14F3NO3S/c1-3-8-7-10(16(22)23-4-2)15(24-8)20-14(21)9-5-6-11(17)13(19)12(9)18/h5-7H,3-4H2,1-2H3,(H,20,21). The van der Waals surface area contributed by atoms with Crippen LogP contribution >= 0.6 is 11.3 Å². The lowest BCUT2D eigenvalue weighted by Gasteiger charge is -2.07. The van der Waals surface area contributed by atoms with Gasteiger partial charge in [0.15, 0.2) is 17.5 Å². The maximum absolute atomic E-state index is 13.7. The zero-order valence-corrected chi connectivity index (χ0v) is 13.7. The summed E-state index contributed by atoms with van der Waals surface area (Å²) in [6.45, 7) is 3.66. The number of carbonyl (C=O) groups is 2. The molecule has 0 spiro atoms. The molecule has 1 amide bonds. The highest BCUT2D eigenvalue weighted by Gasteiger charge is 2.22. The van der Waals surface area contributed by atoms with E-state index in [1.807, 2.05) is 6.92 Å². The maximum atomic E-state index is 13.7. The van der Waals surface area contributed by atoms with Crippen LogP contribution < -0.4 is 5.32 Å². The van der Waals surface area contributed by atoms with Gasteiger partial charge in [-0.2, -0.15) is 0 Å². The van der Waals surface area contributed by atoms with Crippen LogP contribution in [0.3, 0.4) is 0 Å². The number of ether oxygens (including phenoxy) is 1. The zero-order chi connectivity index (χ0) is 17.9. The topological polar surface area (TPSA) is 55.4 Å². The summed E-state index contributed by atoms with van der Waals surface area (Å²) in [5.41, 5.74) is -0.523. The third kappa shape index (κ3) is 3.59. The molecule has 0 aliphatic rings. The molecular formula is C16H14F3NO3S. The van der Waals surface area contributed by atoms with Gasteiger partial charge in [-0.1, -0.05) is 6.92 Å². The first kappa shape index (κ1) is 18.0. The molecule has 0 radical (unpaired) electrons. The molecule has 8 heteroatoms. The normalized spacial score (nSPS) is 10.5. The predicted octanol–water partition coefficient (Wildman–Crippen LogP) is 4.16. The molecule has 0 saturated carbocycles. The first-order valence-corrected chi connectivity index (χ1v) is 7.95. The van der Waals surface area contributed by atoms with Crippen LogP contribution in [0.25, 0.3) is 0 Å². The van der Waals surface area contributed by atoms with Gasteiger partial charge in [-0.3, -0.25) is 4.79 Å². The highest BCUT2D eigenvalue weighted by molar-refractivity contribution is 7.16. The molecule has 128 valence electrons. The molecule has 1 heterocycles. The van der Waals surface area contributed by atoms with Gasteiger partial charge in [0.2, 0.25) is 0 Å². The molecule has 1 N–H and O–H groups in total. The van der Waals surface area contributed by atoms with E-state index in [1.165, 1.54) is 0 Å². The molecule has 0 unspecified atom stereocenters. The van der Waals surface area contributed by atoms with E-state index in [9.17, 15) is 22.8 Å². The van der Waals surface area contributed by atoms with Crippen molar-refractivity contribution in [1.82, 2.24) is 0 Å². The quantitative estimate of drug-likeness (QED) is 0.646. The van der Waals surface area contributed by atoms with Crippen LogP contribution in [0.4, 0.5) is 18.2 Å². The van der Waals surface area contributed by atoms with Crippen molar-refractivity contribution >= 4 is 28.2 Å². The number of benzene rings is 1. The molecule has 0 bridgehead atoms. The number of hydrogen-bond donors (Lipinski definition) is 1. The molecule has 0 aliphatic heterocycles. The Hall–Kier alpha value is -2.35. The van der Waals surface area contributed by atoms with E-state index >= 15 is 0 Å². The molecular weight excluding hydrogens is 343 g/mol. The van der Waals surface area contributed by atoms with E-state index in [1.54, 1.807) is 13.0 Å². The third-order valence-corrected chi connectivity index (χ3v) is 4.33. The number of thiophene rings is 1. The van der Waals surface area contributed by atoms with Crippen molar-refractivity contribution in [3.63, 3.8) is 0 Å². The summed E-state index contributed by atoms with van der Waals surface area (Å²) in [6, 6.07) is 3.06. The van der Waals surface area contributed by atoms with Crippen molar-refractivity contribution < 1.29 is 27.5 Å². The van der Waals surface area contributed by atoms with E-state index in [-0.39, 0.29) is 17.2 Å². The fraction of sp³-hybridized carbons (Fsp3) is 0.250. The number of nitrogens with one attached hydrogen (secondary N) is 1. The van der Waals surface area contributed by atoms with E-state index in [2.05, 4.69) is 5.32 Å². The summed E-state index contributed by atoms with van der Waals surface area (Å²) in [6.07, 6.45) is 0.618. The number of carbonyl (C=O) groups excluding carboxylic acids is 2. The average molecular weight is 357 g/mol. The van der Waals surface area contributed by atoms with Gasteiger partial charge in [0.1, 0.15) is 5.00 Å². The minimum atomic E-state index is -1.73. The van der Waals surface area contributed by atoms with E-state index in [0.29, 0.717) is 12.5 Å². The van der Waals surface area contributed by atoms with Crippen LogP contribution in [0.5, 0.6) is 0 Å². The molecule has 1 aromatic carbocycles. The van der Waals surface area contributed by atoms with Gasteiger partial charge in [-0.25, -0.2) is 18.0 Å². The molecule has 4 nitrogen and oxygen atoms in total. The Kier molecular flexibility index (Phi) is 5.61. The van der Waals surface area contributed by atoms with Crippen molar-refractivity contribution in [2.45, 2.75) is 20.3 Å². The van der Waals surface area contributed by atoms with Crippen LogP contribution in [0.2, 0.25) is 0 Å². The Bertz CT molecular complexity index is 789. The van der Waals surface area contributed by atoms with E-state index in [4.69, 9.17) is 4.74 Å². The van der Waals surface area contributed by atoms with Crippen molar-refractivity contribution in [2.24, 2.45) is 0 Å². The lowest BCUT2D eigenvalue weighted by atomic mass is 10.2. The van der Waals surface area contributed by atoms with Crippen molar-refractivity contribution in [1.29, 1.82) is 0 Å². The van der Waals surface area contributed by atoms with Crippen molar-refractivity contribution in [3.8, 4) is 0 Å². The van der Waals surface area contributed by atoms with Crippen LogP contribution in [-0.4, -0.2) is 18.5 Å². The van der Waals surface area contributed by atoms with Crippen molar-refractivity contribution in [3.05, 3.63) is 51.7 Å². The van der Waals surface area contributed by atoms with Crippen LogP contribution in [0.15, 0.2) is 18.2 Å². The minimum absolute atomic E-state index is 0.134. The second-order valence-corrected chi connectivity index (χ2v) is 5.84. The first-order chi connectivity index (χ1) is 11.4. The molecule has 2 rings (SSSR count). The Morgan fingerprint density at radius 2 is 1.83 bits per heavy atom. The van der Waals surface area contributed by atoms with Crippen LogP contribution in [0.1, 0.15) is 39.4 Å². The van der Waals surface area contributed by atoms with Gasteiger partial charge in [0.05, 0.1) is 17.7 Å². The lowest BCUT2D eigenvalue weighted by molar-refractivity contribution is 0.0528. The number of esters is 1. The number of halogens is 3. The SMILES string of the molecule is CCOC(=O)c1cc(CC)sc1NC(=O)c1ccc(F)c(F)c1F. The summed E-state index contributed by atoms with van der Waals surface area (Å²) < 4.78 is 44.8. The third-order valence-electron chi connectivity index (χ3n) is 3.13. The van der Waals surface area contributed by atoms with Gasteiger partial charge in [-0.15, -0.1) is 11.3 Å². The molecule has 0 atom stereocenters. The second-order valence-electron chi connectivity index (χ2n) is 4.71. The smallest absolute Gasteiger partial charge is 0.341 e. The van der Waals surface area contributed by atoms with Gasteiger partial charge in [-0.05, 0) is 31.5 Å². The average Bonchev–Trinajstić information content (AvgIpc) is 2.96. The lowest BCUT2D eigenvalue weighted by Crippen LogP contribution is -2.16. The number of aryl methyl sites for hydroxylation is 1. The summed E-state index contributed by atoms with van der Waals surface area (Å²) in [5, 5.41) is 2.52. The fourth-order valence-corrected chi connectivity index (χ4v) is 2.92. The zero-order valence-electron chi connectivity index (χ0n) is 12.9. The molecule has 0 fully saturated rings. The molecule has 2 aromatic rings. The Labute approximate surface area is 140 Å². The molecule has 1 aromatic heterocycles. The molecule has 0 saturated heterocycles. The van der Waals surface area contributed by atoms with Gasteiger partial charge < -0.3 is 10.1 Å². The summed E-state index contributed by atoms with van der Waals surface area (Å²) >= 11 is 1.13. The van der Waals surface area contributed by atoms with Gasteiger partial charge in [0, 0.05) is 4.88 Å². The highest BCUT2D eigenvalue weighted by Crippen LogP contribution is 2.30. The summed E-state index contributed by atoms with van der Waals surface area (Å²) in [4.78, 5) is 24.9. The van der Waals surface area contributed by atoms with Gasteiger partial charge >= 0.3 is 5.97 Å². The molecule has 0 aliphatic carbocycles. The number of rotatable bonds is 5. The monoisotopic (exact) mass is 357 g/mol. The second kappa shape index (κ2) is 7.48. The largest absolute Gasteiger partial charge is 0.462 e. The molecule has 24 heavy (non-hydrogen) atoms. The van der Waals surface area contributed by atoms with Crippen LogP contribution in [0, 0.1) is 17.5 Å².